The van der Waals surface area contributed by atoms with E-state index in [0.29, 0.717) is 13.0 Å². The fourth-order valence-electron chi connectivity index (χ4n) is 1.77. The number of para-hydroxylation sites is 1. The summed E-state index contributed by atoms with van der Waals surface area (Å²) < 4.78 is 5.05. The number of amides is 1. The minimum Gasteiger partial charge on any atom is -0.396 e. The first-order chi connectivity index (χ1) is 9.17. The van der Waals surface area contributed by atoms with Gasteiger partial charge in [0.1, 0.15) is 0 Å². The molecule has 0 aliphatic rings. The molecular weight excluding hydrogens is 244 g/mol. The van der Waals surface area contributed by atoms with Gasteiger partial charge in [0.2, 0.25) is 5.91 Å². The second-order valence-electron chi connectivity index (χ2n) is 4.41. The molecule has 1 rings (SSSR count). The second-order valence-corrected chi connectivity index (χ2v) is 4.41. The number of hydrogen-bond donors (Lipinski definition) is 3. The topological polar surface area (TPSA) is 70.6 Å². The third-order valence-corrected chi connectivity index (χ3v) is 2.77. The summed E-state index contributed by atoms with van der Waals surface area (Å²) in [5.74, 6) is -0.106. The Kier molecular flexibility index (Phi) is 7.10. The van der Waals surface area contributed by atoms with E-state index in [1.54, 1.807) is 14.0 Å². The Balaban J connectivity index is 2.47. The number of rotatable bonds is 8. The third kappa shape index (κ3) is 5.83. The van der Waals surface area contributed by atoms with Crippen LogP contribution in [0.3, 0.4) is 0 Å². The molecule has 0 saturated carbocycles. The lowest BCUT2D eigenvalue weighted by Crippen LogP contribution is -2.46. The number of aliphatic hydroxyl groups excluding tert-OH is 1. The van der Waals surface area contributed by atoms with Gasteiger partial charge in [0.15, 0.2) is 0 Å². The highest BCUT2D eigenvalue weighted by atomic mass is 16.5. The third-order valence-electron chi connectivity index (χ3n) is 2.77. The van der Waals surface area contributed by atoms with Crippen LogP contribution in [0.1, 0.15) is 13.3 Å². The number of nitrogens with one attached hydrogen (secondary N) is 2. The Morgan fingerprint density at radius 2 is 2.05 bits per heavy atom. The predicted molar refractivity (Wildman–Crippen MR) is 75.0 cm³/mol. The number of aliphatic hydroxyl groups is 1. The molecule has 0 saturated heterocycles. The summed E-state index contributed by atoms with van der Waals surface area (Å²) in [6.45, 7) is 2.32. The van der Waals surface area contributed by atoms with Crippen molar-refractivity contribution in [3.8, 4) is 0 Å². The van der Waals surface area contributed by atoms with Crippen LogP contribution < -0.4 is 10.6 Å². The number of benzene rings is 1. The first-order valence-electron chi connectivity index (χ1n) is 6.39. The van der Waals surface area contributed by atoms with Gasteiger partial charge in [-0.2, -0.15) is 0 Å². The van der Waals surface area contributed by atoms with Gasteiger partial charge >= 0.3 is 0 Å². The molecule has 2 unspecified atom stereocenters. The van der Waals surface area contributed by atoms with E-state index in [2.05, 4.69) is 10.6 Å². The van der Waals surface area contributed by atoms with Gasteiger partial charge in [0.05, 0.1) is 12.6 Å². The highest BCUT2D eigenvalue weighted by molar-refractivity contribution is 5.94. The molecule has 1 amide bonds. The zero-order valence-corrected chi connectivity index (χ0v) is 11.4. The molecule has 5 nitrogen and oxygen atoms in total. The van der Waals surface area contributed by atoms with Crippen LogP contribution in [-0.4, -0.2) is 43.4 Å². The van der Waals surface area contributed by atoms with E-state index >= 15 is 0 Å². The maximum Gasteiger partial charge on any atom is 0.241 e. The molecule has 0 spiro atoms. The summed E-state index contributed by atoms with van der Waals surface area (Å²) >= 11 is 0. The molecular formula is C14H22N2O3. The second kappa shape index (κ2) is 8.63. The fraction of sp³-hybridized carbons (Fsp3) is 0.500. The van der Waals surface area contributed by atoms with E-state index in [4.69, 9.17) is 9.84 Å². The molecule has 1 aromatic carbocycles. The average molecular weight is 266 g/mol. The molecule has 19 heavy (non-hydrogen) atoms. The lowest BCUT2D eigenvalue weighted by atomic mass is 10.2. The highest BCUT2D eigenvalue weighted by Gasteiger charge is 2.17. The van der Waals surface area contributed by atoms with Crippen LogP contribution in [0.25, 0.3) is 0 Å². The first kappa shape index (κ1) is 15.6. The van der Waals surface area contributed by atoms with Gasteiger partial charge in [0, 0.05) is 25.4 Å². The number of anilines is 1. The van der Waals surface area contributed by atoms with E-state index in [1.807, 2.05) is 30.3 Å². The van der Waals surface area contributed by atoms with Crippen LogP contribution in [-0.2, 0) is 9.53 Å². The van der Waals surface area contributed by atoms with Crippen molar-refractivity contribution in [1.29, 1.82) is 0 Å². The number of carbonyl (C=O) groups is 1. The monoisotopic (exact) mass is 266 g/mol. The van der Waals surface area contributed by atoms with Crippen LogP contribution in [0.2, 0.25) is 0 Å². The molecule has 0 aliphatic carbocycles. The normalized spacial score (nSPS) is 13.8. The van der Waals surface area contributed by atoms with Gasteiger partial charge in [-0.3, -0.25) is 4.79 Å². The summed E-state index contributed by atoms with van der Waals surface area (Å²) in [5.41, 5.74) is 0.770. The van der Waals surface area contributed by atoms with Crippen molar-refractivity contribution >= 4 is 11.6 Å². The molecule has 1 aromatic rings. The van der Waals surface area contributed by atoms with Crippen LogP contribution in [0, 0.1) is 0 Å². The summed E-state index contributed by atoms with van der Waals surface area (Å²) in [6.07, 6.45) is 0.552. The molecule has 0 bridgehead atoms. The summed E-state index contributed by atoms with van der Waals surface area (Å²) in [4.78, 5) is 12.0. The molecule has 2 atom stereocenters. The van der Waals surface area contributed by atoms with Crippen LogP contribution in [0.15, 0.2) is 30.3 Å². The lowest BCUT2D eigenvalue weighted by Gasteiger charge is -2.21. The number of ether oxygens (including phenoxy) is 1. The van der Waals surface area contributed by atoms with Crippen molar-refractivity contribution in [2.45, 2.75) is 25.4 Å². The van der Waals surface area contributed by atoms with Crippen LogP contribution >= 0.6 is 0 Å². The Morgan fingerprint density at radius 3 is 2.63 bits per heavy atom. The quantitative estimate of drug-likeness (QED) is 0.656. The number of methoxy groups -OCH3 is 1. The number of hydrogen-bond acceptors (Lipinski definition) is 4. The van der Waals surface area contributed by atoms with Gasteiger partial charge < -0.3 is 20.5 Å². The van der Waals surface area contributed by atoms with Gasteiger partial charge in [-0.05, 0) is 25.5 Å². The van der Waals surface area contributed by atoms with Gasteiger partial charge in [-0.1, -0.05) is 18.2 Å². The molecule has 0 aliphatic heterocycles. The number of carbonyl (C=O) groups excluding carboxylic acids is 1. The highest BCUT2D eigenvalue weighted by Crippen LogP contribution is 2.06. The Hall–Kier alpha value is -1.43. The smallest absolute Gasteiger partial charge is 0.241 e. The standard InChI is InChI=1S/C14H22N2O3/c1-11(15-13(8-9-17)10-19-2)14(18)16-12-6-4-3-5-7-12/h3-7,11,13,15,17H,8-10H2,1-2H3,(H,16,18). The van der Waals surface area contributed by atoms with Crippen LogP contribution in [0.4, 0.5) is 5.69 Å². The van der Waals surface area contributed by atoms with Crippen molar-refractivity contribution in [2.24, 2.45) is 0 Å². The van der Waals surface area contributed by atoms with E-state index in [-0.39, 0.29) is 24.6 Å². The molecule has 0 fully saturated rings. The lowest BCUT2D eigenvalue weighted by molar-refractivity contribution is -0.118. The molecule has 106 valence electrons. The average Bonchev–Trinajstić information content (AvgIpc) is 2.40. The van der Waals surface area contributed by atoms with E-state index in [1.165, 1.54) is 0 Å². The first-order valence-corrected chi connectivity index (χ1v) is 6.39. The zero-order valence-electron chi connectivity index (χ0n) is 11.4. The summed E-state index contributed by atoms with van der Waals surface area (Å²) in [5, 5.41) is 14.9. The van der Waals surface area contributed by atoms with Gasteiger partial charge in [-0.15, -0.1) is 0 Å². The van der Waals surface area contributed by atoms with Gasteiger partial charge in [-0.25, -0.2) is 0 Å². The van der Waals surface area contributed by atoms with Crippen molar-refractivity contribution in [3.63, 3.8) is 0 Å². The molecule has 0 aromatic heterocycles. The van der Waals surface area contributed by atoms with Gasteiger partial charge in [0.25, 0.3) is 0 Å². The zero-order chi connectivity index (χ0) is 14.1. The molecule has 5 heteroatoms. The van der Waals surface area contributed by atoms with Crippen molar-refractivity contribution in [3.05, 3.63) is 30.3 Å². The fourth-order valence-corrected chi connectivity index (χ4v) is 1.77. The van der Waals surface area contributed by atoms with Crippen molar-refractivity contribution in [1.82, 2.24) is 5.32 Å². The largest absolute Gasteiger partial charge is 0.396 e. The molecule has 0 radical (unpaired) electrons. The van der Waals surface area contributed by atoms with E-state index < -0.39 is 0 Å². The van der Waals surface area contributed by atoms with E-state index in [0.717, 1.165) is 5.69 Å². The Labute approximate surface area is 114 Å². The maximum absolute atomic E-state index is 12.0. The Bertz CT molecular complexity index is 364. The Morgan fingerprint density at radius 1 is 1.37 bits per heavy atom. The summed E-state index contributed by atoms with van der Waals surface area (Å²) in [6, 6.07) is 8.92. The van der Waals surface area contributed by atoms with E-state index in [9.17, 15) is 4.79 Å². The molecule has 0 heterocycles. The minimum absolute atomic E-state index is 0.0356. The SMILES string of the molecule is COCC(CCO)NC(C)C(=O)Nc1ccccc1. The van der Waals surface area contributed by atoms with Crippen molar-refractivity contribution < 1.29 is 14.6 Å². The van der Waals surface area contributed by atoms with Crippen molar-refractivity contribution in [2.75, 3.05) is 25.6 Å². The minimum atomic E-state index is -0.355. The maximum atomic E-state index is 12.0. The molecule has 3 N–H and O–H groups in total. The van der Waals surface area contributed by atoms with Crippen LogP contribution in [0.5, 0.6) is 0 Å². The summed E-state index contributed by atoms with van der Waals surface area (Å²) in [7, 11) is 1.60. The predicted octanol–water partition coefficient (Wildman–Crippen LogP) is 1.00.